The zero-order valence-corrected chi connectivity index (χ0v) is 8.77. The Kier molecular flexibility index (Phi) is 4.73. The van der Waals surface area contributed by atoms with Crippen LogP contribution in [0.15, 0.2) is 0 Å². The van der Waals surface area contributed by atoms with Crippen molar-refractivity contribution >= 4 is 23.4 Å². The first kappa shape index (κ1) is 11.3. The van der Waals surface area contributed by atoms with Gasteiger partial charge in [-0.3, -0.25) is 9.59 Å². The molecule has 0 aromatic carbocycles. The maximum atomic E-state index is 11.1. The zero-order chi connectivity index (χ0) is 10.4. The highest BCUT2D eigenvalue weighted by Gasteiger charge is 2.28. The maximum absolute atomic E-state index is 11.1. The van der Waals surface area contributed by atoms with E-state index in [1.54, 1.807) is 0 Å². The van der Waals surface area contributed by atoms with E-state index in [0.717, 1.165) is 12.8 Å². The highest BCUT2D eigenvalue weighted by Crippen LogP contribution is 2.28. The van der Waals surface area contributed by atoms with Crippen LogP contribution in [0.5, 0.6) is 0 Å². The first-order valence-corrected chi connectivity index (χ1v) is 5.38. The molecule has 0 aliphatic heterocycles. The summed E-state index contributed by atoms with van der Waals surface area (Å²) in [7, 11) is 0. The van der Waals surface area contributed by atoms with Crippen LogP contribution in [-0.2, 0) is 9.59 Å². The molecule has 2 N–H and O–H groups in total. The van der Waals surface area contributed by atoms with E-state index in [1.165, 1.54) is 0 Å². The molecule has 80 valence electrons. The fourth-order valence-corrected chi connectivity index (χ4v) is 1.22. The van der Waals surface area contributed by atoms with Crippen LogP contribution in [0.25, 0.3) is 0 Å². The molecule has 5 heteroatoms. The van der Waals surface area contributed by atoms with Crippen LogP contribution in [0.3, 0.4) is 0 Å². The molecule has 2 amide bonds. The van der Waals surface area contributed by atoms with Crippen molar-refractivity contribution in [1.82, 2.24) is 10.6 Å². The van der Waals surface area contributed by atoms with Gasteiger partial charge in [-0.05, 0) is 12.8 Å². The van der Waals surface area contributed by atoms with Crippen molar-refractivity contribution in [3.63, 3.8) is 0 Å². The lowest BCUT2D eigenvalue weighted by atomic mass is 10.4. The summed E-state index contributed by atoms with van der Waals surface area (Å²) in [6.07, 6.45) is 2.34. The van der Waals surface area contributed by atoms with E-state index in [4.69, 9.17) is 11.6 Å². The van der Waals surface area contributed by atoms with Gasteiger partial charge in [0.15, 0.2) is 0 Å². The lowest BCUT2D eigenvalue weighted by Crippen LogP contribution is -2.35. The van der Waals surface area contributed by atoms with Crippen molar-refractivity contribution in [3.8, 4) is 0 Å². The lowest BCUT2D eigenvalue weighted by molar-refractivity contribution is -0.123. The number of halogens is 1. The standard InChI is InChI=1S/C9H15ClN2O2/c10-4-3-8(13)11-5-6-12-9(14)7-1-2-7/h7H,1-6H2,(H,11,13)(H,12,14). The molecular formula is C9H15ClN2O2. The van der Waals surface area contributed by atoms with Gasteiger partial charge in [0, 0.05) is 31.3 Å². The number of rotatable bonds is 6. The molecule has 0 aromatic heterocycles. The number of carbonyl (C=O) groups excluding carboxylic acids is 2. The van der Waals surface area contributed by atoms with Crippen molar-refractivity contribution in [2.75, 3.05) is 19.0 Å². The van der Waals surface area contributed by atoms with E-state index in [9.17, 15) is 9.59 Å². The Labute approximate surface area is 88.4 Å². The molecule has 0 saturated heterocycles. The number of carbonyl (C=O) groups is 2. The maximum Gasteiger partial charge on any atom is 0.223 e. The fraction of sp³-hybridized carbons (Fsp3) is 0.778. The summed E-state index contributed by atoms with van der Waals surface area (Å²) in [5.41, 5.74) is 0. The minimum atomic E-state index is -0.0688. The predicted molar refractivity (Wildman–Crippen MR) is 54.1 cm³/mol. The Morgan fingerprint density at radius 2 is 1.86 bits per heavy atom. The summed E-state index contributed by atoms with van der Waals surface area (Å²) in [4.78, 5) is 22.1. The minimum Gasteiger partial charge on any atom is -0.354 e. The summed E-state index contributed by atoms with van der Waals surface area (Å²) < 4.78 is 0. The Morgan fingerprint density at radius 3 is 2.43 bits per heavy atom. The van der Waals surface area contributed by atoms with Gasteiger partial charge in [0.1, 0.15) is 0 Å². The summed E-state index contributed by atoms with van der Waals surface area (Å²) in [6, 6.07) is 0. The van der Waals surface area contributed by atoms with Crippen molar-refractivity contribution < 1.29 is 9.59 Å². The first-order chi connectivity index (χ1) is 6.74. The van der Waals surface area contributed by atoms with Gasteiger partial charge in [-0.1, -0.05) is 0 Å². The second kappa shape index (κ2) is 5.86. The predicted octanol–water partition coefficient (Wildman–Crippen LogP) is 0.258. The largest absolute Gasteiger partial charge is 0.354 e. The van der Waals surface area contributed by atoms with Gasteiger partial charge in [-0.15, -0.1) is 11.6 Å². The summed E-state index contributed by atoms with van der Waals surface area (Å²) in [5, 5.41) is 5.42. The van der Waals surface area contributed by atoms with Crippen LogP contribution >= 0.6 is 11.6 Å². The molecule has 0 unspecified atom stereocenters. The molecule has 1 aliphatic rings. The third-order valence-electron chi connectivity index (χ3n) is 2.02. The Hall–Kier alpha value is -0.770. The Balaban J connectivity index is 1.93. The smallest absolute Gasteiger partial charge is 0.223 e. The van der Waals surface area contributed by atoms with Gasteiger partial charge in [-0.2, -0.15) is 0 Å². The van der Waals surface area contributed by atoms with Gasteiger partial charge in [-0.25, -0.2) is 0 Å². The molecule has 14 heavy (non-hydrogen) atoms. The molecule has 0 bridgehead atoms. The average Bonchev–Trinajstić information content (AvgIpc) is 2.95. The van der Waals surface area contributed by atoms with Crippen LogP contribution in [0.1, 0.15) is 19.3 Å². The van der Waals surface area contributed by atoms with Crippen molar-refractivity contribution in [2.24, 2.45) is 5.92 Å². The Bertz CT molecular complexity index is 217. The summed E-state index contributed by atoms with van der Waals surface area (Å²) in [5.74, 6) is 0.603. The minimum absolute atomic E-state index is 0.0688. The second-order valence-electron chi connectivity index (χ2n) is 3.35. The molecule has 0 spiro atoms. The number of amides is 2. The molecule has 1 aliphatic carbocycles. The van der Waals surface area contributed by atoms with Crippen LogP contribution < -0.4 is 10.6 Å². The molecule has 0 aromatic rings. The number of hydrogen-bond acceptors (Lipinski definition) is 2. The van der Waals surface area contributed by atoms with Crippen molar-refractivity contribution in [1.29, 1.82) is 0 Å². The number of nitrogens with one attached hydrogen (secondary N) is 2. The van der Waals surface area contributed by atoms with E-state index >= 15 is 0 Å². The van der Waals surface area contributed by atoms with E-state index in [0.29, 0.717) is 25.4 Å². The third-order valence-corrected chi connectivity index (χ3v) is 2.21. The molecule has 4 nitrogen and oxygen atoms in total. The van der Waals surface area contributed by atoms with E-state index in [1.807, 2.05) is 0 Å². The Morgan fingerprint density at radius 1 is 1.21 bits per heavy atom. The third kappa shape index (κ3) is 4.46. The van der Waals surface area contributed by atoms with E-state index < -0.39 is 0 Å². The molecule has 0 atom stereocenters. The second-order valence-corrected chi connectivity index (χ2v) is 3.73. The molecule has 1 saturated carbocycles. The van der Waals surface area contributed by atoms with Gasteiger partial charge in [0.25, 0.3) is 0 Å². The zero-order valence-electron chi connectivity index (χ0n) is 8.01. The van der Waals surface area contributed by atoms with E-state index in [2.05, 4.69) is 10.6 Å². The molecule has 0 radical (unpaired) electrons. The average molecular weight is 219 g/mol. The van der Waals surface area contributed by atoms with Crippen LogP contribution in [0.2, 0.25) is 0 Å². The van der Waals surface area contributed by atoms with Gasteiger partial charge >= 0.3 is 0 Å². The van der Waals surface area contributed by atoms with Crippen molar-refractivity contribution in [3.05, 3.63) is 0 Å². The summed E-state index contributed by atoms with van der Waals surface area (Å²) >= 11 is 5.38. The topological polar surface area (TPSA) is 58.2 Å². The van der Waals surface area contributed by atoms with Crippen LogP contribution in [0, 0.1) is 5.92 Å². The van der Waals surface area contributed by atoms with E-state index in [-0.39, 0.29) is 17.7 Å². The van der Waals surface area contributed by atoms with Crippen LogP contribution in [0.4, 0.5) is 0 Å². The van der Waals surface area contributed by atoms with Gasteiger partial charge in [0.05, 0.1) is 0 Å². The highest BCUT2D eigenvalue weighted by atomic mass is 35.5. The highest BCUT2D eigenvalue weighted by molar-refractivity contribution is 6.18. The molecule has 1 rings (SSSR count). The SMILES string of the molecule is O=C(CCCl)NCCNC(=O)C1CC1. The molecular weight excluding hydrogens is 204 g/mol. The lowest BCUT2D eigenvalue weighted by Gasteiger charge is -2.05. The quantitative estimate of drug-likeness (QED) is 0.496. The normalized spacial score (nSPS) is 14.9. The van der Waals surface area contributed by atoms with Crippen molar-refractivity contribution in [2.45, 2.75) is 19.3 Å². The monoisotopic (exact) mass is 218 g/mol. The number of alkyl halides is 1. The summed E-state index contributed by atoms with van der Waals surface area (Å²) in [6.45, 7) is 0.984. The molecule has 0 heterocycles. The van der Waals surface area contributed by atoms with Gasteiger partial charge in [0.2, 0.25) is 11.8 Å². The number of hydrogen-bond donors (Lipinski definition) is 2. The van der Waals surface area contributed by atoms with Crippen LogP contribution in [-0.4, -0.2) is 30.8 Å². The molecule has 1 fully saturated rings. The first-order valence-electron chi connectivity index (χ1n) is 4.84. The van der Waals surface area contributed by atoms with Gasteiger partial charge < -0.3 is 10.6 Å². The fourth-order valence-electron chi connectivity index (χ4n) is 1.05.